The Hall–Kier alpha value is -3.02. The van der Waals surface area contributed by atoms with Gasteiger partial charge in [-0.25, -0.2) is 4.79 Å². The summed E-state index contributed by atoms with van der Waals surface area (Å²) >= 11 is 0. The molecule has 1 fully saturated rings. The van der Waals surface area contributed by atoms with Gasteiger partial charge in [0.05, 0.1) is 18.6 Å². The summed E-state index contributed by atoms with van der Waals surface area (Å²) in [6.45, 7) is 5.64. The SMILES string of the molecule is CCOc1ccc(C(C)NC(=O)C2CCCN(C(=O)Nc3ccccc3)C2)cc1. The zero-order chi connectivity index (χ0) is 20.6. The quantitative estimate of drug-likeness (QED) is 0.770. The van der Waals surface area contributed by atoms with Crippen molar-refractivity contribution in [3.05, 3.63) is 60.2 Å². The minimum absolute atomic E-state index is 0.0106. The second-order valence-corrected chi connectivity index (χ2v) is 7.31. The van der Waals surface area contributed by atoms with E-state index >= 15 is 0 Å². The summed E-state index contributed by atoms with van der Waals surface area (Å²) in [5, 5.41) is 5.99. The lowest BCUT2D eigenvalue weighted by Gasteiger charge is -2.32. The highest BCUT2D eigenvalue weighted by atomic mass is 16.5. The van der Waals surface area contributed by atoms with E-state index in [-0.39, 0.29) is 23.9 Å². The number of amides is 3. The van der Waals surface area contributed by atoms with Gasteiger partial charge in [-0.2, -0.15) is 0 Å². The van der Waals surface area contributed by atoms with Crippen molar-refractivity contribution < 1.29 is 14.3 Å². The molecule has 6 heteroatoms. The first-order valence-corrected chi connectivity index (χ1v) is 10.2. The van der Waals surface area contributed by atoms with Gasteiger partial charge >= 0.3 is 6.03 Å². The van der Waals surface area contributed by atoms with E-state index in [0.29, 0.717) is 19.7 Å². The molecule has 0 bridgehead atoms. The minimum atomic E-state index is -0.199. The Balaban J connectivity index is 1.54. The molecule has 0 radical (unpaired) electrons. The summed E-state index contributed by atoms with van der Waals surface area (Å²) in [7, 11) is 0. The molecule has 0 spiro atoms. The van der Waals surface area contributed by atoms with Crippen LogP contribution in [0.25, 0.3) is 0 Å². The maximum absolute atomic E-state index is 12.8. The van der Waals surface area contributed by atoms with E-state index in [1.54, 1.807) is 4.90 Å². The van der Waals surface area contributed by atoms with E-state index in [0.717, 1.165) is 29.8 Å². The number of urea groups is 1. The van der Waals surface area contributed by atoms with Crippen LogP contribution in [-0.2, 0) is 4.79 Å². The molecule has 154 valence electrons. The second-order valence-electron chi connectivity index (χ2n) is 7.31. The summed E-state index contributed by atoms with van der Waals surface area (Å²) < 4.78 is 5.46. The van der Waals surface area contributed by atoms with E-state index in [1.165, 1.54) is 0 Å². The molecule has 2 aromatic carbocycles. The first-order valence-electron chi connectivity index (χ1n) is 10.2. The van der Waals surface area contributed by atoms with E-state index in [1.807, 2.05) is 68.4 Å². The van der Waals surface area contributed by atoms with Gasteiger partial charge in [-0.1, -0.05) is 30.3 Å². The molecule has 3 amide bonds. The van der Waals surface area contributed by atoms with Gasteiger partial charge in [0.15, 0.2) is 0 Å². The highest BCUT2D eigenvalue weighted by Crippen LogP contribution is 2.21. The van der Waals surface area contributed by atoms with E-state index < -0.39 is 0 Å². The number of anilines is 1. The lowest BCUT2D eigenvalue weighted by atomic mass is 9.96. The second kappa shape index (κ2) is 9.96. The van der Waals surface area contributed by atoms with Gasteiger partial charge in [-0.05, 0) is 56.5 Å². The number of rotatable bonds is 6. The zero-order valence-corrected chi connectivity index (χ0v) is 17.1. The molecule has 0 aromatic heterocycles. The number of nitrogens with one attached hydrogen (secondary N) is 2. The number of carbonyl (C=O) groups excluding carboxylic acids is 2. The Labute approximate surface area is 172 Å². The standard InChI is InChI=1S/C23H29N3O3/c1-3-29-21-13-11-18(12-14-21)17(2)24-22(27)19-8-7-15-26(16-19)23(28)25-20-9-5-4-6-10-20/h4-6,9-14,17,19H,3,7-8,15-16H2,1-2H3,(H,24,27)(H,25,28). The molecule has 6 nitrogen and oxygen atoms in total. The predicted octanol–water partition coefficient (Wildman–Crippen LogP) is 4.21. The van der Waals surface area contributed by atoms with Crippen molar-refractivity contribution in [3.63, 3.8) is 0 Å². The fraction of sp³-hybridized carbons (Fsp3) is 0.391. The van der Waals surface area contributed by atoms with Crippen molar-refractivity contribution in [3.8, 4) is 5.75 Å². The van der Waals surface area contributed by atoms with Crippen LogP contribution in [0.1, 0.15) is 38.3 Å². The van der Waals surface area contributed by atoms with E-state index in [9.17, 15) is 9.59 Å². The molecular weight excluding hydrogens is 366 g/mol. The summed E-state index contributed by atoms with van der Waals surface area (Å²) in [5.41, 5.74) is 1.78. The zero-order valence-electron chi connectivity index (χ0n) is 17.1. The van der Waals surface area contributed by atoms with E-state index in [2.05, 4.69) is 10.6 Å². The number of benzene rings is 2. The Morgan fingerprint density at radius 2 is 1.86 bits per heavy atom. The molecule has 3 rings (SSSR count). The Morgan fingerprint density at radius 3 is 2.55 bits per heavy atom. The predicted molar refractivity (Wildman–Crippen MR) is 114 cm³/mol. The monoisotopic (exact) mass is 395 g/mol. The fourth-order valence-corrected chi connectivity index (χ4v) is 3.53. The summed E-state index contributed by atoms with van der Waals surface area (Å²) in [6.07, 6.45) is 1.61. The number of ether oxygens (including phenoxy) is 1. The average molecular weight is 396 g/mol. The molecule has 0 saturated carbocycles. The van der Waals surface area contributed by atoms with Gasteiger partial charge in [-0.15, -0.1) is 0 Å². The minimum Gasteiger partial charge on any atom is -0.494 e. The van der Waals surface area contributed by atoms with Crippen LogP contribution >= 0.6 is 0 Å². The summed E-state index contributed by atoms with van der Waals surface area (Å²) in [4.78, 5) is 27.0. The van der Waals surface area contributed by atoms with Crippen LogP contribution in [0.15, 0.2) is 54.6 Å². The molecule has 2 atom stereocenters. The van der Waals surface area contributed by atoms with Gasteiger partial charge in [0, 0.05) is 18.8 Å². The molecule has 2 unspecified atom stereocenters. The third-order valence-electron chi connectivity index (χ3n) is 5.15. The molecule has 0 aliphatic carbocycles. The van der Waals surface area contributed by atoms with Crippen LogP contribution in [-0.4, -0.2) is 36.5 Å². The van der Waals surface area contributed by atoms with Crippen LogP contribution in [0.2, 0.25) is 0 Å². The topological polar surface area (TPSA) is 70.7 Å². The summed E-state index contributed by atoms with van der Waals surface area (Å²) in [6, 6.07) is 16.9. The molecule has 1 heterocycles. The first-order chi connectivity index (χ1) is 14.1. The first kappa shape index (κ1) is 20.7. The Bertz CT molecular complexity index is 808. The number of hydrogen-bond acceptors (Lipinski definition) is 3. The maximum atomic E-state index is 12.8. The number of hydrogen-bond donors (Lipinski definition) is 2. The summed E-state index contributed by atoms with van der Waals surface area (Å²) in [5.74, 6) is 0.612. The fourth-order valence-electron chi connectivity index (χ4n) is 3.53. The van der Waals surface area contributed by atoms with Crippen molar-refractivity contribution >= 4 is 17.6 Å². The highest BCUT2D eigenvalue weighted by molar-refractivity contribution is 5.90. The molecule has 2 N–H and O–H groups in total. The molecule has 1 aliphatic heterocycles. The van der Waals surface area contributed by atoms with Crippen LogP contribution in [0.4, 0.5) is 10.5 Å². The number of para-hydroxylation sites is 1. The normalized spacial score (nSPS) is 17.3. The third kappa shape index (κ3) is 5.73. The van der Waals surface area contributed by atoms with Crippen LogP contribution in [0.3, 0.4) is 0 Å². The van der Waals surface area contributed by atoms with Gasteiger partial charge in [0.25, 0.3) is 0 Å². The molecular formula is C23H29N3O3. The van der Waals surface area contributed by atoms with Gasteiger partial charge in [0.2, 0.25) is 5.91 Å². The van der Waals surface area contributed by atoms with Crippen LogP contribution < -0.4 is 15.4 Å². The lowest BCUT2D eigenvalue weighted by molar-refractivity contribution is -0.126. The average Bonchev–Trinajstić information content (AvgIpc) is 2.75. The number of carbonyl (C=O) groups is 2. The molecule has 29 heavy (non-hydrogen) atoms. The van der Waals surface area contributed by atoms with Crippen molar-refractivity contribution in [2.75, 3.05) is 25.0 Å². The molecule has 2 aromatic rings. The van der Waals surface area contributed by atoms with Crippen molar-refractivity contribution in [1.29, 1.82) is 0 Å². The van der Waals surface area contributed by atoms with Crippen molar-refractivity contribution in [2.24, 2.45) is 5.92 Å². The van der Waals surface area contributed by atoms with Gasteiger partial charge in [-0.3, -0.25) is 4.79 Å². The van der Waals surface area contributed by atoms with Gasteiger partial charge < -0.3 is 20.3 Å². The number of nitrogens with zero attached hydrogens (tertiary/aromatic N) is 1. The molecule has 1 aliphatic rings. The van der Waals surface area contributed by atoms with Gasteiger partial charge in [0.1, 0.15) is 5.75 Å². The number of likely N-dealkylation sites (tertiary alicyclic amines) is 1. The largest absolute Gasteiger partial charge is 0.494 e. The lowest BCUT2D eigenvalue weighted by Crippen LogP contribution is -2.47. The maximum Gasteiger partial charge on any atom is 0.321 e. The third-order valence-corrected chi connectivity index (χ3v) is 5.15. The smallest absolute Gasteiger partial charge is 0.321 e. The van der Waals surface area contributed by atoms with Crippen molar-refractivity contribution in [2.45, 2.75) is 32.7 Å². The van der Waals surface area contributed by atoms with Crippen LogP contribution in [0.5, 0.6) is 5.75 Å². The van der Waals surface area contributed by atoms with E-state index in [4.69, 9.17) is 4.74 Å². The Morgan fingerprint density at radius 1 is 1.14 bits per heavy atom. The van der Waals surface area contributed by atoms with Crippen molar-refractivity contribution in [1.82, 2.24) is 10.2 Å². The highest BCUT2D eigenvalue weighted by Gasteiger charge is 2.29. The number of piperidine rings is 1. The Kier molecular flexibility index (Phi) is 7.11. The van der Waals surface area contributed by atoms with Crippen LogP contribution in [0, 0.1) is 5.92 Å². The molecule has 1 saturated heterocycles.